The molecule has 0 saturated carbocycles. The SMILES string of the molecule is C[C@H]1COCCN1c1cc(-c2cnc(N)nc2)nn2c(C3CCN(S(C)(=O)=O)CC3)cnc12. The number of rotatable bonds is 4. The Morgan fingerprint density at radius 1 is 1.09 bits per heavy atom. The van der Waals surface area contributed by atoms with Crippen LogP contribution in [0.3, 0.4) is 0 Å². The van der Waals surface area contributed by atoms with Crippen molar-refractivity contribution in [2.75, 3.05) is 49.7 Å². The van der Waals surface area contributed by atoms with Crippen LogP contribution in [0.5, 0.6) is 0 Å². The van der Waals surface area contributed by atoms with Gasteiger partial charge in [0.1, 0.15) is 0 Å². The highest BCUT2D eigenvalue weighted by Gasteiger charge is 2.30. The topological polar surface area (TPSA) is 132 Å². The number of sulfonamides is 1. The molecule has 0 amide bonds. The zero-order valence-electron chi connectivity index (χ0n) is 18.8. The fraction of sp³-hybridized carbons (Fsp3) is 0.524. The van der Waals surface area contributed by atoms with E-state index < -0.39 is 10.0 Å². The van der Waals surface area contributed by atoms with Crippen molar-refractivity contribution in [2.45, 2.75) is 31.7 Å². The summed E-state index contributed by atoms with van der Waals surface area (Å²) in [6.45, 7) is 5.18. The van der Waals surface area contributed by atoms with Gasteiger partial charge in [-0.2, -0.15) is 5.10 Å². The molecule has 2 aliphatic rings. The molecule has 0 aliphatic carbocycles. The van der Waals surface area contributed by atoms with E-state index in [9.17, 15) is 8.42 Å². The highest BCUT2D eigenvalue weighted by atomic mass is 32.2. The lowest BCUT2D eigenvalue weighted by molar-refractivity contribution is 0.0990. The number of imidazole rings is 1. The van der Waals surface area contributed by atoms with Gasteiger partial charge in [0.05, 0.1) is 42.7 Å². The van der Waals surface area contributed by atoms with Crippen LogP contribution >= 0.6 is 0 Å². The second-order valence-corrected chi connectivity index (χ2v) is 10.7. The quantitative estimate of drug-likeness (QED) is 0.593. The second kappa shape index (κ2) is 8.50. The summed E-state index contributed by atoms with van der Waals surface area (Å²) >= 11 is 0. The molecule has 3 aromatic rings. The van der Waals surface area contributed by atoms with Crippen LogP contribution in [0.15, 0.2) is 24.7 Å². The summed E-state index contributed by atoms with van der Waals surface area (Å²) in [4.78, 5) is 15.3. The Kier molecular flexibility index (Phi) is 5.67. The monoisotopic (exact) mass is 472 g/mol. The van der Waals surface area contributed by atoms with E-state index >= 15 is 0 Å². The lowest BCUT2D eigenvalue weighted by Crippen LogP contribution is -2.44. The molecule has 2 N–H and O–H groups in total. The third-order valence-corrected chi connectivity index (χ3v) is 7.76. The van der Waals surface area contributed by atoms with Gasteiger partial charge in [0, 0.05) is 49.6 Å². The van der Waals surface area contributed by atoms with E-state index in [2.05, 4.69) is 21.8 Å². The molecule has 2 fully saturated rings. The van der Waals surface area contributed by atoms with Gasteiger partial charge in [0.15, 0.2) is 5.65 Å². The van der Waals surface area contributed by atoms with Crippen LogP contribution in [-0.4, -0.2) is 82.4 Å². The molecule has 2 aliphatic heterocycles. The number of morpholine rings is 1. The maximum absolute atomic E-state index is 11.9. The van der Waals surface area contributed by atoms with Crippen LogP contribution in [0.4, 0.5) is 11.6 Å². The summed E-state index contributed by atoms with van der Waals surface area (Å²) < 4.78 is 32.9. The van der Waals surface area contributed by atoms with Gasteiger partial charge in [0.2, 0.25) is 16.0 Å². The molecular weight excluding hydrogens is 444 g/mol. The van der Waals surface area contributed by atoms with Crippen molar-refractivity contribution in [3.05, 3.63) is 30.4 Å². The average molecular weight is 473 g/mol. The minimum Gasteiger partial charge on any atom is -0.377 e. The Morgan fingerprint density at radius 3 is 2.48 bits per heavy atom. The lowest BCUT2D eigenvalue weighted by atomic mass is 9.95. The van der Waals surface area contributed by atoms with Gasteiger partial charge < -0.3 is 15.4 Å². The van der Waals surface area contributed by atoms with Crippen LogP contribution in [0.2, 0.25) is 0 Å². The highest BCUT2D eigenvalue weighted by Crippen LogP contribution is 2.34. The number of anilines is 2. The third-order valence-electron chi connectivity index (χ3n) is 6.46. The van der Waals surface area contributed by atoms with Crippen LogP contribution in [0, 0.1) is 0 Å². The van der Waals surface area contributed by atoms with Gasteiger partial charge in [-0.15, -0.1) is 0 Å². The molecule has 0 unspecified atom stereocenters. The van der Waals surface area contributed by atoms with Crippen molar-refractivity contribution >= 4 is 27.3 Å². The predicted octanol–water partition coefficient (Wildman–Crippen LogP) is 1.13. The number of nitrogen functional groups attached to an aromatic ring is 1. The minimum absolute atomic E-state index is 0.165. The molecule has 3 aromatic heterocycles. The van der Waals surface area contributed by atoms with E-state index in [4.69, 9.17) is 20.6 Å². The first-order valence-electron chi connectivity index (χ1n) is 11.1. The molecule has 5 rings (SSSR count). The zero-order valence-corrected chi connectivity index (χ0v) is 19.6. The van der Waals surface area contributed by atoms with E-state index in [1.54, 1.807) is 12.4 Å². The number of nitrogens with two attached hydrogens (primary N) is 1. The fourth-order valence-electron chi connectivity index (χ4n) is 4.64. The van der Waals surface area contributed by atoms with E-state index in [0.717, 1.165) is 47.7 Å². The first kappa shape index (κ1) is 22.0. The Bertz CT molecular complexity index is 1250. The molecule has 2 saturated heterocycles. The largest absolute Gasteiger partial charge is 0.377 e. The van der Waals surface area contributed by atoms with E-state index in [0.29, 0.717) is 26.3 Å². The Balaban J connectivity index is 1.58. The second-order valence-electron chi connectivity index (χ2n) is 8.72. The van der Waals surface area contributed by atoms with Crippen molar-refractivity contribution < 1.29 is 13.2 Å². The molecule has 0 aromatic carbocycles. The summed E-state index contributed by atoms with van der Waals surface area (Å²) in [6.07, 6.45) is 7.93. The number of hydrogen-bond donors (Lipinski definition) is 1. The number of ether oxygens (including phenoxy) is 1. The molecule has 33 heavy (non-hydrogen) atoms. The standard InChI is InChI=1S/C21H28N8O3S/c1-14-13-32-8-7-28(14)18-9-17(16-10-24-21(22)25-11-16)26-29-19(12-23-20(18)29)15-3-5-27(6-4-15)33(2,30)31/h9-12,14-15H,3-8,13H2,1-2H3,(H2,22,24,25)/t14-/m0/s1. The van der Waals surface area contributed by atoms with Crippen molar-refractivity contribution in [2.24, 2.45) is 0 Å². The average Bonchev–Trinajstić information content (AvgIpc) is 3.23. The Labute approximate surface area is 192 Å². The van der Waals surface area contributed by atoms with E-state index in [1.807, 2.05) is 16.8 Å². The molecule has 1 atom stereocenters. The number of aromatic nitrogens is 5. The molecule has 0 radical (unpaired) electrons. The molecule has 11 nitrogen and oxygen atoms in total. The maximum atomic E-state index is 11.9. The maximum Gasteiger partial charge on any atom is 0.219 e. The third kappa shape index (κ3) is 4.25. The van der Waals surface area contributed by atoms with Crippen LogP contribution in [-0.2, 0) is 14.8 Å². The molecule has 0 spiro atoms. The molecule has 176 valence electrons. The Hall–Kier alpha value is -2.83. The van der Waals surface area contributed by atoms with Gasteiger partial charge in [-0.3, -0.25) is 0 Å². The van der Waals surface area contributed by atoms with Crippen molar-refractivity contribution in [1.82, 2.24) is 28.9 Å². The minimum atomic E-state index is -3.18. The van der Waals surface area contributed by atoms with E-state index in [-0.39, 0.29) is 17.9 Å². The van der Waals surface area contributed by atoms with Gasteiger partial charge in [-0.05, 0) is 25.8 Å². The van der Waals surface area contributed by atoms with E-state index in [1.165, 1.54) is 10.6 Å². The fourth-order valence-corrected chi connectivity index (χ4v) is 5.51. The molecule has 12 heteroatoms. The molecular formula is C21H28N8O3S. The van der Waals surface area contributed by atoms with Gasteiger partial charge in [-0.25, -0.2) is 32.2 Å². The normalized spacial score (nSPS) is 21.0. The summed E-state index contributed by atoms with van der Waals surface area (Å²) in [5, 5.41) is 4.90. The summed E-state index contributed by atoms with van der Waals surface area (Å²) in [5.74, 6) is 0.376. The summed E-state index contributed by atoms with van der Waals surface area (Å²) in [7, 11) is -3.18. The van der Waals surface area contributed by atoms with Gasteiger partial charge in [0.25, 0.3) is 0 Å². The number of nitrogens with zero attached hydrogens (tertiary/aromatic N) is 7. The number of hydrogen-bond acceptors (Lipinski definition) is 9. The van der Waals surface area contributed by atoms with Gasteiger partial charge >= 0.3 is 0 Å². The highest BCUT2D eigenvalue weighted by molar-refractivity contribution is 7.88. The Morgan fingerprint density at radius 2 is 1.82 bits per heavy atom. The van der Waals surface area contributed by atoms with Crippen LogP contribution < -0.4 is 10.6 Å². The smallest absolute Gasteiger partial charge is 0.219 e. The number of piperidine rings is 1. The first-order valence-corrected chi connectivity index (χ1v) is 12.9. The zero-order chi connectivity index (χ0) is 23.2. The van der Waals surface area contributed by atoms with Gasteiger partial charge in [-0.1, -0.05) is 0 Å². The van der Waals surface area contributed by atoms with Crippen LogP contribution in [0.25, 0.3) is 16.9 Å². The summed E-state index contributed by atoms with van der Waals surface area (Å²) in [6, 6.07) is 2.22. The van der Waals surface area contributed by atoms with Crippen LogP contribution in [0.1, 0.15) is 31.4 Å². The lowest BCUT2D eigenvalue weighted by Gasteiger charge is -2.35. The first-order chi connectivity index (χ1) is 15.8. The van der Waals surface area contributed by atoms with Crippen molar-refractivity contribution in [3.63, 3.8) is 0 Å². The van der Waals surface area contributed by atoms with Crippen molar-refractivity contribution in [1.29, 1.82) is 0 Å². The molecule has 0 bridgehead atoms. The predicted molar refractivity (Wildman–Crippen MR) is 124 cm³/mol. The molecule has 5 heterocycles. The van der Waals surface area contributed by atoms with Crippen molar-refractivity contribution in [3.8, 4) is 11.3 Å². The summed E-state index contributed by atoms with van der Waals surface area (Å²) in [5.41, 5.74) is 9.92. The number of fused-ring (bicyclic) bond motifs is 1.